The van der Waals surface area contributed by atoms with Gasteiger partial charge in [-0.25, -0.2) is 4.39 Å². The summed E-state index contributed by atoms with van der Waals surface area (Å²) in [7, 11) is 0. The van der Waals surface area contributed by atoms with Crippen LogP contribution in [-0.2, 0) is 0 Å². The number of pyridine rings is 1. The Hall–Kier alpha value is -0.770. The normalized spacial score (nSPS) is 9.64. The highest BCUT2D eigenvalue weighted by Gasteiger charge is 2.08. The molecule has 0 aliphatic heterocycles. The summed E-state index contributed by atoms with van der Waals surface area (Å²) in [6.07, 6.45) is 2.41. The van der Waals surface area contributed by atoms with Crippen molar-refractivity contribution in [1.29, 1.82) is 0 Å². The van der Waals surface area contributed by atoms with Crippen molar-refractivity contribution in [1.82, 2.24) is 4.98 Å². The lowest BCUT2D eigenvalue weighted by Gasteiger charge is -1.96. The topological polar surface area (TPSA) is 30.0 Å². The third-order valence-electron chi connectivity index (χ3n) is 1.19. The second-order valence-electron chi connectivity index (χ2n) is 1.91. The maximum atomic E-state index is 12.7. The van der Waals surface area contributed by atoms with Crippen LogP contribution in [0.4, 0.5) is 4.39 Å². The first-order valence-corrected chi connectivity index (χ1v) is 4.06. The lowest BCUT2D eigenvalue weighted by molar-refractivity contribution is 0.102. The minimum Gasteiger partial charge on any atom is -0.293 e. The number of carbonyl (C=O) groups is 1. The minimum atomic E-state index is -0.572. The van der Waals surface area contributed by atoms with Gasteiger partial charge < -0.3 is 0 Å². The smallest absolute Gasteiger partial charge is 0.176 e. The highest BCUT2D eigenvalue weighted by Crippen LogP contribution is 2.06. The largest absolute Gasteiger partial charge is 0.293 e. The van der Waals surface area contributed by atoms with Crippen LogP contribution in [0.15, 0.2) is 18.5 Å². The van der Waals surface area contributed by atoms with E-state index in [4.69, 9.17) is 0 Å². The van der Waals surface area contributed by atoms with Crippen molar-refractivity contribution >= 4 is 21.7 Å². The van der Waals surface area contributed by atoms with Crippen LogP contribution in [0.5, 0.6) is 0 Å². The van der Waals surface area contributed by atoms with E-state index in [0.29, 0.717) is 0 Å². The molecule has 4 heteroatoms. The molecule has 1 aromatic rings. The molecule has 0 radical (unpaired) electrons. The van der Waals surface area contributed by atoms with Crippen molar-refractivity contribution in [2.75, 3.05) is 5.33 Å². The quantitative estimate of drug-likeness (QED) is 0.559. The molecular weight excluding hydrogens is 213 g/mol. The Morgan fingerprint density at radius 2 is 2.45 bits per heavy atom. The van der Waals surface area contributed by atoms with Crippen LogP contribution in [0.1, 0.15) is 10.4 Å². The van der Waals surface area contributed by atoms with Crippen LogP contribution in [0.3, 0.4) is 0 Å². The fourth-order valence-corrected chi connectivity index (χ4v) is 0.975. The minimum absolute atomic E-state index is 0.0804. The second kappa shape index (κ2) is 3.57. The third kappa shape index (κ3) is 1.83. The second-order valence-corrected chi connectivity index (χ2v) is 2.47. The zero-order valence-corrected chi connectivity index (χ0v) is 7.14. The fraction of sp³-hybridized carbons (Fsp3) is 0.143. The van der Waals surface area contributed by atoms with Gasteiger partial charge in [-0.1, -0.05) is 15.9 Å². The van der Waals surface area contributed by atoms with Gasteiger partial charge in [-0.2, -0.15) is 0 Å². The number of halogens is 2. The summed E-state index contributed by atoms with van der Waals surface area (Å²) < 4.78 is 12.7. The first kappa shape index (κ1) is 8.33. The Balaban J connectivity index is 3.03. The van der Waals surface area contributed by atoms with Gasteiger partial charge in [0.15, 0.2) is 11.6 Å². The average Bonchev–Trinajstić information content (AvgIpc) is 2.04. The molecule has 0 unspecified atom stereocenters. The summed E-state index contributed by atoms with van der Waals surface area (Å²) in [4.78, 5) is 14.4. The van der Waals surface area contributed by atoms with E-state index in [1.165, 1.54) is 12.3 Å². The highest BCUT2D eigenvalue weighted by molar-refractivity contribution is 9.09. The molecule has 0 fully saturated rings. The van der Waals surface area contributed by atoms with Gasteiger partial charge in [0, 0.05) is 6.20 Å². The van der Waals surface area contributed by atoms with E-state index in [0.717, 1.165) is 6.20 Å². The van der Waals surface area contributed by atoms with Crippen LogP contribution in [0.25, 0.3) is 0 Å². The van der Waals surface area contributed by atoms with E-state index in [2.05, 4.69) is 20.9 Å². The lowest BCUT2D eigenvalue weighted by Crippen LogP contribution is -2.03. The molecule has 0 bridgehead atoms. The van der Waals surface area contributed by atoms with Crippen molar-refractivity contribution in [2.45, 2.75) is 0 Å². The van der Waals surface area contributed by atoms with Gasteiger partial charge in [-0.3, -0.25) is 9.78 Å². The van der Waals surface area contributed by atoms with Gasteiger partial charge in [-0.05, 0) is 6.07 Å². The first-order chi connectivity index (χ1) is 5.25. The van der Waals surface area contributed by atoms with Gasteiger partial charge in [0.1, 0.15) is 0 Å². The molecule has 2 nitrogen and oxygen atoms in total. The van der Waals surface area contributed by atoms with E-state index in [-0.39, 0.29) is 16.7 Å². The Labute approximate surface area is 71.6 Å². The van der Waals surface area contributed by atoms with Gasteiger partial charge in [0.2, 0.25) is 0 Å². The molecule has 1 heterocycles. The monoisotopic (exact) mass is 217 g/mol. The molecule has 0 aliphatic rings. The summed E-state index contributed by atoms with van der Waals surface area (Å²) in [5, 5.41) is 0.133. The summed E-state index contributed by atoms with van der Waals surface area (Å²) in [5.41, 5.74) is 0.0804. The lowest BCUT2D eigenvalue weighted by atomic mass is 10.2. The molecule has 0 amide bonds. The van der Waals surface area contributed by atoms with Crippen LogP contribution in [0.2, 0.25) is 0 Å². The fourth-order valence-electron chi connectivity index (χ4n) is 0.673. The molecule has 0 saturated heterocycles. The van der Waals surface area contributed by atoms with Crippen LogP contribution < -0.4 is 0 Å². The maximum Gasteiger partial charge on any atom is 0.176 e. The Kier molecular flexibility index (Phi) is 2.70. The number of carbonyl (C=O) groups excluding carboxylic acids is 1. The summed E-state index contributed by atoms with van der Waals surface area (Å²) in [6, 6.07) is 1.36. The van der Waals surface area contributed by atoms with Crippen LogP contribution in [-0.4, -0.2) is 16.1 Å². The molecule has 11 heavy (non-hydrogen) atoms. The highest BCUT2D eigenvalue weighted by atomic mass is 79.9. The van der Waals surface area contributed by atoms with E-state index >= 15 is 0 Å². The molecule has 58 valence electrons. The number of alkyl halides is 1. The first-order valence-electron chi connectivity index (χ1n) is 2.94. The number of ketones is 1. The maximum absolute atomic E-state index is 12.7. The molecule has 0 saturated carbocycles. The summed E-state index contributed by atoms with van der Waals surface area (Å²) in [5.74, 6) is -0.846. The van der Waals surface area contributed by atoms with Crippen molar-refractivity contribution in [3.8, 4) is 0 Å². The zero-order chi connectivity index (χ0) is 8.27. The molecule has 0 atom stereocenters. The van der Waals surface area contributed by atoms with Gasteiger partial charge >= 0.3 is 0 Å². The Morgan fingerprint density at radius 1 is 1.73 bits per heavy atom. The third-order valence-corrected chi connectivity index (χ3v) is 1.70. The van der Waals surface area contributed by atoms with Crippen molar-refractivity contribution in [3.05, 3.63) is 29.8 Å². The molecule has 0 aliphatic carbocycles. The summed E-state index contributed by atoms with van der Waals surface area (Å²) >= 11 is 2.95. The number of hydrogen-bond acceptors (Lipinski definition) is 2. The van der Waals surface area contributed by atoms with Gasteiger partial charge in [0.25, 0.3) is 0 Å². The number of Topliss-reactive ketones (excluding diaryl/α,β-unsaturated/α-hetero) is 1. The van der Waals surface area contributed by atoms with Crippen LogP contribution in [0, 0.1) is 5.82 Å². The van der Waals surface area contributed by atoms with Gasteiger partial charge in [0.05, 0.1) is 17.1 Å². The number of aromatic nitrogens is 1. The molecule has 1 rings (SSSR count). The molecule has 0 aromatic carbocycles. The predicted molar refractivity (Wildman–Crippen MR) is 42.3 cm³/mol. The van der Waals surface area contributed by atoms with E-state index < -0.39 is 5.82 Å². The summed E-state index contributed by atoms with van der Waals surface area (Å²) in [6.45, 7) is 0. The number of nitrogens with zero attached hydrogens (tertiary/aromatic N) is 1. The predicted octanol–water partition coefficient (Wildman–Crippen LogP) is 1.80. The standard InChI is InChI=1S/C7H5BrFNO/c8-3-7(11)5-1-2-10-4-6(5)9/h1-2,4H,3H2. The van der Waals surface area contributed by atoms with Crippen LogP contribution >= 0.6 is 15.9 Å². The van der Waals surface area contributed by atoms with Crippen molar-refractivity contribution in [3.63, 3.8) is 0 Å². The Morgan fingerprint density at radius 3 is 3.00 bits per heavy atom. The van der Waals surface area contributed by atoms with Crippen molar-refractivity contribution in [2.24, 2.45) is 0 Å². The van der Waals surface area contributed by atoms with E-state index in [1.54, 1.807) is 0 Å². The SMILES string of the molecule is O=C(CBr)c1ccncc1F. The average molecular weight is 218 g/mol. The molecule has 0 spiro atoms. The van der Waals surface area contributed by atoms with E-state index in [1.807, 2.05) is 0 Å². The molecule has 1 aromatic heterocycles. The number of hydrogen-bond donors (Lipinski definition) is 0. The van der Waals surface area contributed by atoms with Gasteiger partial charge in [-0.15, -0.1) is 0 Å². The number of rotatable bonds is 2. The Bertz CT molecular complexity index is 277. The molecular formula is C7H5BrFNO. The van der Waals surface area contributed by atoms with Crippen molar-refractivity contribution < 1.29 is 9.18 Å². The molecule has 0 N–H and O–H groups in total. The zero-order valence-electron chi connectivity index (χ0n) is 5.55. The van der Waals surface area contributed by atoms with E-state index in [9.17, 15) is 9.18 Å².